The molecule has 4 N–H and O–H groups in total. The maximum Gasteiger partial charge on any atom is 0.247 e. The van der Waals surface area contributed by atoms with E-state index in [0.29, 0.717) is 28.2 Å². The lowest BCUT2D eigenvalue weighted by atomic mass is 9.77. The topological polar surface area (TPSA) is 129 Å². The Bertz CT molecular complexity index is 1180. The van der Waals surface area contributed by atoms with Crippen molar-refractivity contribution in [1.82, 2.24) is 10.2 Å². The van der Waals surface area contributed by atoms with Gasteiger partial charge in [0.05, 0.1) is 32.3 Å². The molecule has 0 fully saturated rings. The maximum absolute atomic E-state index is 13.5. The molecule has 0 saturated carbocycles. The minimum atomic E-state index is -1.15. The molecule has 2 aromatic rings. The highest BCUT2D eigenvalue weighted by Crippen LogP contribution is 2.51. The van der Waals surface area contributed by atoms with E-state index in [1.807, 2.05) is 44.2 Å². The Labute approximate surface area is 222 Å². The van der Waals surface area contributed by atoms with Crippen molar-refractivity contribution in [3.63, 3.8) is 0 Å². The van der Waals surface area contributed by atoms with Gasteiger partial charge in [0.25, 0.3) is 0 Å². The Balaban J connectivity index is 1.81. The number of aliphatic hydroxyl groups is 3. The Hall–Kier alpha value is -3.40. The van der Waals surface area contributed by atoms with Crippen molar-refractivity contribution in [2.45, 2.75) is 57.6 Å². The van der Waals surface area contributed by atoms with E-state index < -0.39 is 30.1 Å². The van der Waals surface area contributed by atoms with E-state index in [2.05, 4.69) is 5.32 Å². The highest BCUT2D eigenvalue weighted by molar-refractivity contribution is 5.96. The van der Waals surface area contributed by atoms with E-state index >= 15 is 0 Å². The maximum atomic E-state index is 13.5. The number of fused-ring (bicyclic) bond motifs is 3. The summed E-state index contributed by atoms with van der Waals surface area (Å²) >= 11 is 0. The highest BCUT2D eigenvalue weighted by Gasteiger charge is 2.51. The summed E-state index contributed by atoms with van der Waals surface area (Å²) in [4.78, 5) is 28.5. The third kappa shape index (κ3) is 5.55. The molecular weight excluding hydrogens is 488 g/mol. The van der Waals surface area contributed by atoms with Crippen LogP contribution in [0.15, 0.2) is 54.1 Å². The summed E-state index contributed by atoms with van der Waals surface area (Å²) in [5, 5.41) is 33.5. The second kappa shape index (κ2) is 12.0. The number of hydrogen-bond donors (Lipinski definition) is 4. The Morgan fingerprint density at radius 2 is 1.87 bits per heavy atom. The molecule has 0 saturated heterocycles. The SMILES string of the molecule is COc1cc(CO)cc2c1OC1C2C(C(=O)NCCO)=CC(N(Cc2ccccc2)C(=O)CC(C)C)C1O. The fourth-order valence-electron chi connectivity index (χ4n) is 5.23. The van der Waals surface area contributed by atoms with Gasteiger partial charge in [0.2, 0.25) is 11.8 Å². The molecule has 1 aliphatic carbocycles. The average molecular weight is 525 g/mol. The Morgan fingerprint density at radius 3 is 2.50 bits per heavy atom. The standard InChI is InChI=1S/C29H36N2O7/c1-17(2)11-24(34)31(15-18-7-5-4-6-8-18)22-14-21(29(36)30-9-10-32)25-20-12-19(16-33)13-23(37-3)27(20)38-28(25)26(22)35/h4-8,12-14,17,22,25-26,28,32-33,35H,9-11,15-16H2,1-3H3,(H,30,36). The van der Waals surface area contributed by atoms with E-state index in [0.717, 1.165) is 5.56 Å². The summed E-state index contributed by atoms with van der Waals surface area (Å²) in [6, 6.07) is 12.1. The molecule has 0 radical (unpaired) electrons. The van der Waals surface area contributed by atoms with Crippen LogP contribution < -0.4 is 14.8 Å². The van der Waals surface area contributed by atoms with Gasteiger partial charge < -0.3 is 35.0 Å². The number of methoxy groups -OCH3 is 1. The van der Waals surface area contributed by atoms with Crippen LogP contribution in [0.2, 0.25) is 0 Å². The minimum absolute atomic E-state index is 0.0501. The molecule has 2 aliphatic rings. The van der Waals surface area contributed by atoms with Crippen LogP contribution in [0.4, 0.5) is 0 Å². The second-order valence-corrected chi connectivity index (χ2v) is 10.1. The van der Waals surface area contributed by atoms with E-state index in [-0.39, 0.29) is 44.5 Å². The van der Waals surface area contributed by atoms with Crippen molar-refractivity contribution in [3.05, 3.63) is 70.8 Å². The van der Waals surface area contributed by atoms with Crippen molar-refractivity contribution in [3.8, 4) is 11.5 Å². The molecule has 2 amide bonds. The van der Waals surface area contributed by atoms with Gasteiger partial charge in [-0.2, -0.15) is 0 Å². The van der Waals surface area contributed by atoms with Crippen molar-refractivity contribution in [1.29, 1.82) is 0 Å². The predicted octanol–water partition coefficient (Wildman–Crippen LogP) is 1.88. The van der Waals surface area contributed by atoms with Gasteiger partial charge in [0, 0.05) is 30.6 Å². The molecule has 204 valence electrons. The third-order valence-corrected chi connectivity index (χ3v) is 6.95. The molecular formula is C29H36N2O7. The van der Waals surface area contributed by atoms with Gasteiger partial charge in [-0.1, -0.05) is 44.2 Å². The fraction of sp³-hybridized carbons (Fsp3) is 0.448. The van der Waals surface area contributed by atoms with Gasteiger partial charge in [-0.15, -0.1) is 0 Å². The summed E-state index contributed by atoms with van der Waals surface area (Å²) < 4.78 is 11.8. The van der Waals surface area contributed by atoms with Gasteiger partial charge in [-0.3, -0.25) is 9.59 Å². The predicted molar refractivity (Wildman–Crippen MR) is 140 cm³/mol. The third-order valence-electron chi connectivity index (χ3n) is 6.95. The largest absolute Gasteiger partial charge is 0.493 e. The lowest BCUT2D eigenvalue weighted by molar-refractivity contribution is -0.138. The number of hydrogen-bond acceptors (Lipinski definition) is 7. The van der Waals surface area contributed by atoms with E-state index in [1.54, 1.807) is 23.1 Å². The number of benzene rings is 2. The van der Waals surface area contributed by atoms with Crippen LogP contribution in [0, 0.1) is 5.92 Å². The zero-order valence-electron chi connectivity index (χ0n) is 22.0. The van der Waals surface area contributed by atoms with Gasteiger partial charge in [-0.05, 0) is 35.3 Å². The first-order valence-electron chi connectivity index (χ1n) is 12.9. The average Bonchev–Trinajstić information content (AvgIpc) is 3.30. The van der Waals surface area contributed by atoms with Crippen LogP contribution in [-0.2, 0) is 22.7 Å². The van der Waals surface area contributed by atoms with Crippen molar-refractivity contribution in [2.24, 2.45) is 5.92 Å². The number of aliphatic hydroxyl groups excluding tert-OH is 3. The number of carbonyl (C=O) groups excluding carboxylic acids is 2. The van der Waals surface area contributed by atoms with Crippen LogP contribution in [0.5, 0.6) is 11.5 Å². The van der Waals surface area contributed by atoms with Gasteiger partial charge in [-0.25, -0.2) is 0 Å². The fourth-order valence-corrected chi connectivity index (χ4v) is 5.23. The van der Waals surface area contributed by atoms with E-state index in [4.69, 9.17) is 9.47 Å². The second-order valence-electron chi connectivity index (χ2n) is 10.1. The normalized spacial score (nSPS) is 21.7. The molecule has 4 rings (SSSR count). The number of nitrogens with zero attached hydrogens (tertiary/aromatic N) is 1. The monoisotopic (exact) mass is 524 g/mol. The molecule has 4 atom stereocenters. The summed E-state index contributed by atoms with van der Waals surface area (Å²) in [5.74, 6) is -0.354. The smallest absolute Gasteiger partial charge is 0.247 e. The molecule has 9 nitrogen and oxygen atoms in total. The summed E-state index contributed by atoms with van der Waals surface area (Å²) in [5.41, 5.74) is 2.41. The molecule has 1 aliphatic heterocycles. The van der Waals surface area contributed by atoms with Crippen molar-refractivity contribution in [2.75, 3.05) is 20.3 Å². The summed E-state index contributed by atoms with van der Waals surface area (Å²) in [6.07, 6.45) is -0.0959. The first-order chi connectivity index (χ1) is 18.3. The number of ether oxygens (including phenoxy) is 2. The molecule has 0 aromatic heterocycles. The lowest BCUT2D eigenvalue weighted by Crippen LogP contribution is -2.55. The van der Waals surface area contributed by atoms with Crippen LogP contribution in [0.25, 0.3) is 0 Å². The van der Waals surface area contributed by atoms with E-state index in [9.17, 15) is 24.9 Å². The van der Waals surface area contributed by atoms with Crippen molar-refractivity contribution >= 4 is 11.8 Å². The minimum Gasteiger partial charge on any atom is -0.493 e. The summed E-state index contributed by atoms with van der Waals surface area (Å²) in [6.45, 7) is 3.74. The zero-order chi connectivity index (χ0) is 27.4. The molecule has 4 unspecified atom stereocenters. The quantitative estimate of drug-likeness (QED) is 0.374. The number of nitrogens with one attached hydrogen (secondary N) is 1. The molecule has 1 heterocycles. The number of carbonyl (C=O) groups is 2. The van der Waals surface area contributed by atoms with Gasteiger partial charge in [0.1, 0.15) is 12.2 Å². The number of rotatable bonds is 10. The van der Waals surface area contributed by atoms with Gasteiger partial charge >= 0.3 is 0 Å². The molecule has 38 heavy (non-hydrogen) atoms. The summed E-state index contributed by atoms with van der Waals surface area (Å²) in [7, 11) is 1.48. The highest BCUT2D eigenvalue weighted by atomic mass is 16.5. The molecule has 9 heteroatoms. The molecule has 2 aromatic carbocycles. The van der Waals surface area contributed by atoms with Crippen LogP contribution in [0.3, 0.4) is 0 Å². The first kappa shape index (κ1) is 27.6. The lowest BCUT2D eigenvalue weighted by Gasteiger charge is -2.41. The van der Waals surface area contributed by atoms with Crippen LogP contribution in [-0.4, -0.2) is 70.5 Å². The number of amides is 2. The van der Waals surface area contributed by atoms with E-state index in [1.165, 1.54) is 7.11 Å². The van der Waals surface area contributed by atoms with Crippen LogP contribution >= 0.6 is 0 Å². The zero-order valence-corrected chi connectivity index (χ0v) is 22.0. The van der Waals surface area contributed by atoms with Gasteiger partial charge in [0.15, 0.2) is 11.5 Å². The van der Waals surface area contributed by atoms with Crippen LogP contribution in [0.1, 0.15) is 42.9 Å². The Kier molecular flexibility index (Phi) is 8.71. The first-order valence-corrected chi connectivity index (χ1v) is 12.9. The van der Waals surface area contributed by atoms with Crippen molar-refractivity contribution < 1.29 is 34.4 Å². The molecule has 0 spiro atoms. The molecule has 0 bridgehead atoms. The Morgan fingerprint density at radius 1 is 1.13 bits per heavy atom.